The van der Waals surface area contributed by atoms with Crippen molar-refractivity contribution in [1.82, 2.24) is 15.0 Å². The van der Waals surface area contributed by atoms with Crippen LogP contribution in [0.25, 0.3) is 0 Å². The zero-order valence-corrected chi connectivity index (χ0v) is 12.7. The summed E-state index contributed by atoms with van der Waals surface area (Å²) in [6, 6.07) is 5.54. The van der Waals surface area contributed by atoms with Gasteiger partial charge in [0.25, 0.3) is 5.91 Å². The van der Waals surface area contributed by atoms with E-state index in [9.17, 15) is 4.79 Å². The van der Waals surface area contributed by atoms with Crippen molar-refractivity contribution < 1.29 is 14.1 Å². The zero-order chi connectivity index (χ0) is 15.5. The fourth-order valence-electron chi connectivity index (χ4n) is 2.43. The number of carbonyl (C=O) groups is 1. The first kappa shape index (κ1) is 14.7. The van der Waals surface area contributed by atoms with Gasteiger partial charge in [-0.2, -0.15) is 0 Å². The van der Waals surface area contributed by atoms with Gasteiger partial charge >= 0.3 is 0 Å². The molecule has 0 bridgehead atoms. The largest absolute Gasteiger partial charge is 0.370 e. The van der Waals surface area contributed by atoms with Crippen LogP contribution in [0.1, 0.15) is 47.7 Å². The highest BCUT2D eigenvalue weighted by atomic mass is 16.5. The Bertz CT molecular complexity index is 639. The molecule has 6 heteroatoms. The fraction of sp³-hybridized carbons (Fsp3) is 0.438. The monoisotopic (exact) mass is 301 g/mol. The van der Waals surface area contributed by atoms with E-state index in [1.165, 1.54) is 0 Å². The van der Waals surface area contributed by atoms with E-state index in [0.717, 1.165) is 11.3 Å². The van der Waals surface area contributed by atoms with Crippen molar-refractivity contribution in [2.75, 3.05) is 19.7 Å². The first-order valence-electron chi connectivity index (χ1n) is 7.42. The third kappa shape index (κ3) is 3.01. The molecular formula is C16H19N3O3. The number of nitrogens with zero attached hydrogens (tertiary/aromatic N) is 3. The maximum atomic E-state index is 12.5. The molecule has 1 atom stereocenters. The summed E-state index contributed by atoms with van der Waals surface area (Å²) >= 11 is 0. The lowest BCUT2D eigenvalue weighted by Crippen LogP contribution is -2.42. The summed E-state index contributed by atoms with van der Waals surface area (Å²) in [5.41, 5.74) is 1.82. The number of carbonyl (C=O) groups excluding carboxylic acids is 1. The van der Waals surface area contributed by atoms with E-state index < -0.39 is 0 Å². The van der Waals surface area contributed by atoms with E-state index in [1.807, 2.05) is 26.0 Å². The van der Waals surface area contributed by atoms with Crippen molar-refractivity contribution in [3.8, 4) is 0 Å². The lowest BCUT2D eigenvalue weighted by atomic mass is 10.1. The highest BCUT2D eigenvalue weighted by Crippen LogP contribution is 2.23. The van der Waals surface area contributed by atoms with Crippen LogP contribution < -0.4 is 0 Å². The van der Waals surface area contributed by atoms with Gasteiger partial charge in [-0.1, -0.05) is 19.0 Å². The molecule has 0 N–H and O–H groups in total. The number of ether oxygens (including phenoxy) is 1. The van der Waals surface area contributed by atoms with Crippen LogP contribution in [0.3, 0.4) is 0 Å². The van der Waals surface area contributed by atoms with Crippen LogP contribution in [0.15, 0.2) is 35.1 Å². The predicted molar refractivity (Wildman–Crippen MR) is 79.4 cm³/mol. The summed E-state index contributed by atoms with van der Waals surface area (Å²) < 4.78 is 10.9. The van der Waals surface area contributed by atoms with E-state index in [2.05, 4.69) is 10.1 Å². The molecule has 0 aromatic carbocycles. The van der Waals surface area contributed by atoms with E-state index in [0.29, 0.717) is 25.5 Å². The van der Waals surface area contributed by atoms with Crippen LogP contribution in [-0.4, -0.2) is 40.6 Å². The molecule has 1 aliphatic heterocycles. The molecule has 1 saturated heterocycles. The first-order valence-corrected chi connectivity index (χ1v) is 7.42. The smallest absolute Gasteiger partial charge is 0.292 e. The number of hydrogen-bond donors (Lipinski definition) is 0. The Morgan fingerprint density at radius 1 is 1.36 bits per heavy atom. The quantitative estimate of drug-likeness (QED) is 0.870. The minimum Gasteiger partial charge on any atom is -0.370 e. The Balaban J connectivity index is 1.72. The van der Waals surface area contributed by atoms with Crippen molar-refractivity contribution in [2.45, 2.75) is 25.9 Å². The van der Waals surface area contributed by atoms with Crippen LogP contribution in [0.4, 0.5) is 0 Å². The SMILES string of the molecule is CC(C)c1cc(C(=O)N2CCOC(c3ccncc3)C2)on1. The second-order valence-electron chi connectivity index (χ2n) is 5.66. The average molecular weight is 301 g/mol. The second-order valence-corrected chi connectivity index (χ2v) is 5.66. The van der Waals surface area contributed by atoms with Crippen LogP contribution in [0, 0.1) is 0 Å². The lowest BCUT2D eigenvalue weighted by Gasteiger charge is -2.32. The highest BCUT2D eigenvalue weighted by molar-refractivity contribution is 5.91. The number of pyridine rings is 1. The summed E-state index contributed by atoms with van der Waals surface area (Å²) in [7, 11) is 0. The lowest BCUT2D eigenvalue weighted by molar-refractivity contribution is -0.0240. The number of amides is 1. The molecule has 3 heterocycles. The van der Waals surface area contributed by atoms with Gasteiger partial charge in [0.2, 0.25) is 5.76 Å². The minimum absolute atomic E-state index is 0.131. The molecule has 2 aromatic heterocycles. The van der Waals surface area contributed by atoms with Gasteiger partial charge in [-0.15, -0.1) is 0 Å². The van der Waals surface area contributed by atoms with E-state index >= 15 is 0 Å². The highest BCUT2D eigenvalue weighted by Gasteiger charge is 2.28. The van der Waals surface area contributed by atoms with Crippen molar-refractivity contribution in [1.29, 1.82) is 0 Å². The van der Waals surface area contributed by atoms with Gasteiger partial charge in [0.15, 0.2) is 0 Å². The van der Waals surface area contributed by atoms with Crippen LogP contribution in [0.2, 0.25) is 0 Å². The number of aromatic nitrogens is 2. The molecule has 1 unspecified atom stereocenters. The van der Waals surface area contributed by atoms with Gasteiger partial charge in [0, 0.05) is 25.0 Å². The van der Waals surface area contributed by atoms with E-state index in [4.69, 9.17) is 9.26 Å². The number of hydrogen-bond acceptors (Lipinski definition) is 5. The van der Waals surface area contributed by atoms with Gasteiger partial charge in [-0.05, 0) is 23.6 Å². The van der Waals surface area contributed by atoms with Crippen LogP contribution in [0.5, 0.6) is 0 Å². The molecule has 0 radical (unpaired) electrons. The minimum atomic E-state index is -0.137. The molecule has 2 aromatic rings. The third-order valence-corrected chi connectivity index (χ3v) is 3.76. The number of rotatable bonds is 3. The standard InChI is InChI=1S/C16H19N3O3/c1-11(2)13-9-14(22-18-13)16(20)19-7-8-21-15(10-19)12-3-5-17-6-4-12/h3-6,9,11,15H,7-8,10H2,1-2H3. The first-order chi connectivity index (χ1) is 10.6. The van der Waals surface area contributed by atoms with Gasteiger partial charge < -0.3 is 14.2 Å². The van der Waals surface area contributed by atoms with Crippen LogP contribution >= 0.6 is 0 Å². The Morgan fingerprint density at radius 3 is 2.82 bits per heavy atom. The van der Waals surface area contributed by atoms with Gasteiger partial charge in [0.1, 0.15) is 6.10 Å². The van der Waals surface area contributed by atoms with E-state index in [-0.39, 0.29) is 17.9 Å². The van der Waals surface area contributed by atoms with Crippen molar-refractivity contribution in [3.05, 3.63) is 47.6 Å². The molecule has 6 nitrogen and oxygen atoms in total. The summed E-state index contributed by atoms with van der Waals surface area (Å²) in [6.07, 6.45) is 3.32. The zero-order valence-electron chi connectivity index (χ0n) is 12.7. The molecule has 22 heavy (non-hydrogen) atoms. The maximum absolute atomic E-state index is 12.5. The Hall–Kier alpha value is -2.21. The molecule has 116 valence electrons. The molecule has 0 aliphatic carbocycles. The Labute approximate surface area is 129 Å². The summed E-state index contributed by atoms with van der Waals surface area (Å²) in [5, 5.41) is 3.95. The topological polar surface area (TPSA) is 68.5 Å². The molecule has 1 aliphatic rings. The van der Waals surface area contributed by atoms with Crippen LogP contribution in [-0.2, 0) is 4.74 Å². The van der Waals surface area contributed by atoms with Crippen molar-refractivity contribution >= 4 is 5.91 Å². The normalized spacial score (nSPS) is 18.7. The van der Waals surface area contributed by atoms with Gasteiger partial charge in [-0.25, -0.2) is 0 Å². The van der Waals surface area contributed by atoms with E-state index in [1.54, 1.807) is 23.4 Å². The fourth-order valence-corrected chi connectivity index (χ4v) is 2.43. The average Bonchev–Trinajstić information content (AvgIpc) is 3.05. The molecule has 1 amide bonds. The van der Waals surface area contributed by atoms with Gasteiger partial charge in [0.05, 0.1) is 18.8 Å². The second kappa shape index (κ2) is 6.27. The molecule has 1 fully saturated rings. The molecule has 3 rings (SSSR count). The van der Waals surface area contributed by atoms with Gasteiger partial charge in [-0.3, -0.25) is 9.78 Å². The molecule has 0 spiro atoms. The Kier molecular flexibility index (Phi) is 4.20. The Morgan fingerprint density at radius 2 is 2.14 bits per heavy atom. The summed E-state index contributed by atoms with van der Waals surface area (Å²) in [5.74, 6) is 0.389. The summed E-state index contributed by atoms with van der Waals surface area (Å²) in [6.45, 7) is 5.59. The van der Waals surface area contributed by atoms with Crippen molar-refractivity contribution in [3.63, 3.8) is 0 Å². The number of morpholine rings is 1. The summed E-state index contributed by atoms with van der Waals surface area (Å²) in [4.78, 5) is 18.3. The maximum Gasteiger partial charge on any atom is 0.292 e. The third-order valence-electron chi connectivity index (χ3n) is 3.76. The van der Waals surface area contributed by atoms with Crippen molar-refractivity contribution in [2.24, 2.45) is 0 Å². The predicted octanol–water partition coefficient (Wildman–Crippen LogP) is 2.41. The molecular weight excluding hydrogens is 282 g/mol. The molecule has 0 saturated carbocycles.